The molecule has 4 heterocycles. The quantitative estimate of drug-likeness (QED) is 0.132. The average Bonchev–Trinajstić information content (AvgIpc) is 3.89. The zero-order valence-corrected chi connectivity index (χ0v) is 29.4. The Bertz CT molecular complexity index is 1650. The molecule has 0 aromatic carbocycles. The molecule has 2 atom stereocenters. The molecule has 5 rings (SSSR count). The van der Waals surface area contributed by atoms with Gasteiger partial charge in [0.1, 0.15) is 18.5 Å². The van der Waals surface area contributed by atoms with Crippen LogP contribution in [0.1, 0.15) is 107 Å². The highest BCUT2D eigenvalue weighted by Gasteiger charge is 2.38. The average molecular weight is 739 g/mol. The van der Waals surface area contributed by atoms with Crippen molar-refractivity contribution >= 4 is 70.5 Å². The highest BCUT2D eigenvalue weighted by Crippen LogP contribution is 2.45. The van der Waals surface area contributed by atoms with E-state index < -0.39 is 36.0 Å². The van der Waals surface area contributed by atoms with Gasteiger partial charge in [-0.25, -0.2) is 28.5 Å². The number of aromatic nitrogens is 10. The maximum absolute atomic E-state index is 13.1. The lowest BCUT2D eigenvalue weighted by Crippen LogP contribution is -2.29. The van der Waals surface area contributed by atoms with Crippen LogP contribution in [0.15, 0.2) is 18.5 Å². The van der Waals surface area contributed by atoms with Gasteiger partial charge in [-0.05, 0) is 63.6 Å². The number of carbonyl (C=O) groups is 4. The monoisotopic (exact) mass is 738 g/mol. The minimum atomic E-state index is -0.695. The number of rotatable bonds is 14. The summed E-state index contributed by atoms with van der Waals surface area (Å²) in [6.45, 7) is 7.20. The van der Waals surface area contributed by atoms with E-state index >= 15 is 0 Å². The summed E-state index contributed by atoms with van der Waals surface area (Å²) in [5, 5.41) is 25.7. The van der Waals surface area contributed by atoms with Crippen molar-refractivity contribution in [2.24, 2.45) is 0 Å². The van der Waals surface area contributed by atoms with Gasteiger partial charge in [0, 0.05) is 0 Å². The summed E-state index contributed by atoms with van der Waals surface area (Å²) in [5.41, 5.74) is -0.104. The maximum atomic E-state index is 13.1. The Morgan fingerprint density at radius 3 is 1.31 bits per heavy atom. The largest absolute Gasteiger partial charge is 0.461 e. The maximum Gasteiger partial charge on any atom is 0.361 e. The summed E-state index contributed by atoms with van der Waals surface area (Å²) < 4.78 is 32.7. The van der Waals surface area contributed by atoms with Gasteiger partial charge in [0.15, 0.2) is 11.4 Å². The molecule has 1 aliphatic rings. The van der Waals surface area contributed by atoms with Gasteiger partial charge in [-0.3, -0.25) is 0 Å². The first kappa shape index (κ1) is 35.3. The molecule has 22 heteroatoms. The van der Waals surface area contributed by atoms with Crippen molar-refractivity contribution in [3.63, 3.8) is 0 Å². The molecule has 256 valence electrons. The van der Waals surface area contributed by atoms with Gasteiger partial charge in [0.05, 0.1) is 38.5 Å². The fraction of sp³-hybridized carbons (Fsp3) is 0.538. The topological polar surface area (TPSA) is 218 Å². The van der Waals surface area contributed by atoms with Gasteiger partial charge < -0.3 is 18.9 Å². The summed E-state index contributed by atoms with van der Waals surface area (Å²) >= 11 is 4.03. The number of hydrogen-bond acceptors (Lipinski definition) is 20. The van der Waals surface area contributed by atoms with Crippen LogP contribution < -0.4 is 0 Å². The molecule has 4 aromatic heterocycles. The van der Waals surface area contributed by atoms with Gasteiger partial charge in [-0.2, -0.15) is 0 Å². The van der Waals surface area contributed by atoms with E-state index in [-0.39, 0.29) is 49.2 Å². The minimum absolute atomic E-state index is 0.000727. The second-order valence-electron chi connectivity index (χ2n) is 9.70. The second kappa shape index (κ2) is 16.4. The van der Waals surface area contributed by atoms with E-state index in [0.29, 0.717) is 31.3 Å². The van der Waals surface area contributed by atoms with Crippen molar-refractivity contribution in [1.82, 2.24) is 49.2 Å². The van der Waals surface area contributed by atoms with E-state index in [1.165, 1.54) is 0 Å². The zero-order chi connectivity index (χ0) is 34.2. The standard InChI is InChI=1S/C26H30N10O8S4/c1-5-41-21(37)15-19(45-25-17(29-33-47-25)23(39)43-7-3)35(31-27-15)13-11-9-10-12-14(13)36-20(16(28-32-36)22(38)42-6-2)46-26-18(30-34-48-26)24(40)44-8-4/h13-14H,5-12H2,1-4H3/t13-,14+. The molecule has 0 spiro atoms. The van der Waals surface area contributed by atoms with Crippen LogP contribution in [0, 0.1) is 0 Å². The Labute approximate surface area is 289 Å². The van der Waals surface area contributed by atoms with Crippen molar-refractivity contribution < 1.29 is 38.1 Å². The van der Waals surface area contributed by atoms with Crippen LogP contribution in [0.25, 0.3) is 0 Å². The van der Waals surface area contributed by atoms with E-state index in [2.05, 4.69) is 39.8 Å². The Hall–Kier alpha value is -4.02. The lowest BCUT2D eigenvalue weighted by Gasteiger charge is -2.32. The SMILES string of the molecule is CCOC(=O)c1nnsc1Sc1c(C(=O)OCC)nnn1[C@@H]1CCCC[C@@H]1n1nnc(C(=O)OCC)c1Sc1snnc1C(=O)OCC. The third-order valence-electron chi connectivity index (χ3n) is 6.80. The van der Waals surface area contributed by atoms with E-state index in [0.717, 1.165) is 59.4 Å². The first-order valence-electron chi connectivity index (χ1n) is 14.9. The van der Waals surface area contributed by atoms with Crippen LogP contribution in [0.2, 0.25) is 0 Å². The molecule has 0 amide bonds. The van der Waals surface area contributed by atoms with Crippen molar-refractivity contribution in [2.75, 3.05) is 26.4 Å². The minimum Gasteiger partial charge on any atom is -0.461 e. The molecule has 0 N–H and O–H groups in total. The molecule has 0 saturated heterocycles. The van der Waals surface area contributed by atoms with Crippen molar-refractivity contribution in [2.45, 2.75) is 83.9 Å². The molecule has 4 aromatic rings. The summed E-state index contributed by atoms with van der Waals surface area (Å²) in [6.07, 6.45) is 2.79. The van der Waals surface area contributed by atoms with E-state index in [4.69, 9.17) is 18.9 Å². The molecule has 1 fully saturated rings. The molecule has 0 bridgehead atoms. The first-order valence-corrected chi connectivity index (χ1v) is 18.1. The number of nitrogens with zero attached hydrogens (tertiary/aromatic N) is 10. The first-order chi connectivity index (χ1) is 23.3. The Morgan fingerprint density at radius 2 is 0.958 bits per heavy atom. The lowest BCUT2D eigenvalue weighted by molar-refractivity contribution is 0.0504. The van der Waals surface area contributed by atoms with Gasteiger partial charge >= 0.3 is 23.9 Å². The Kier molecular flexibility index (Phi) is 12.1. The summed E-state index contributed by atoms with van der Waals surface area (Å²) in [6, 6.07) is -0.909. The fourth-order valence-electron chi connectivity index (χ4n) is 4.83. The highest BCUT2D eigenvalue weighted by molar-refractivity contribution is 8.01. The molecule has 0 unspecified atom stereocenters. The summed E-state index contributed by atoms with van der Waals surface area (Å²) in [7, 11) is 0. The van der Waals surface area contributed by atoms with Crippen molar-refractivity contribution in [3.8, 4) is 0 Å². The molecular weight excluding hydrogens is 709 g/mol. The number of hydrogen-bond donors (Lipinski definition) is 0. The Balaban J connectivity index is 1.59. The van der Waals surface area contributed by atoms with Crippen molar-refractivity contribution in [3.05, 3.63) is 22.8 Å². The molecule has 0 radical (unpaired) electrons. The normalized spacial score (nSPS) is 16.0. The summed E-state index contributed by atoms with van der Waals surface area (Å²) in [5.74, 6) is -2.70. The third kappa shape index (κ3) is 7.50. The number of ether oxygens (including phenoxy) is 4. The van der Waals surface area contributed by atoms with Gasteiger partial charge in [0.25, 0.3) is 0 Å². The zero-order valence-electron chi connectivity index (χ0n) is 26.2. The second-order valence-corrected chi connectivity index (χ2v) is 13.7. The highest BCUT2D eigenvalue weighted by atomic mass is 32.2. The van der Waals surface area contributed by atoms with Crippen molar-refractivity contribution in [1.29, 1.82) is 0 Å². The Morgan fingerprint density at radius 1 is 0.604 bits per heavy atom. The fourth-order valence-corrected chi connectivity index (χ4v) is 8.38. The summed E-state index contributed by atoms with van der Waals surface area (Å²) in [4.78, 5) is 51.4. The molecule has 1 aliphatic carbocycles. The lowest BCUT2D eigenvalue weighted by atomic mass is 9.90. The molecule has 18 nitrogen and oxygen atoms in total. The van der Waals surface area contributed by atoms with Gasteiger partial charge in [0.2, 0.25) is 11.4 Å². The van der Waals surface area contributed by atoms with E-state index in [1.54, 1.807) is 37.1 Å². The van der Waals surface area contributed by atoms with Crippen LogP contribution in [-0.2, 0) is 18.9 Å². The van der Waals surface area contributed by atoms with Crippen LogP contribution in [0.4, 0.5) is 0 Å². The molecule has 0 aliphatic heterocycles. The predicted octanol–water partition coefficient (Wildman–Crippen LogP) is 3.94. The smallest absolute Gasteiger partial charge is 0.361 e. The van der Waals surface area contributed by atoms with E-state index in [1.807, 2.05) is 0 Å². The van der Waals surface area contributed by atoms with Crippen LogP contribution >= 0.6 is 46.6 Å². The predicted molar refractivity (Wildman–Crippen MR) is 168 cm³/mol. The number of carbonyl (C=O) groups excluding carboxylic acids is 4. The molecule has 48 heavy (non-hydrogen) atoms. The third-order valence-corrected chi connectivity index (χ3v) is 10.7. The van der Waals surface area contributed by atoms with Crippen LogP contribution in [0.5, 0.6) is 0 Å². The van der Waals surface area contributed by atoms with E-state index in [9.17, 15) is 19.2 Å². The van der Waals surface area contributed by atoms with Crippen LogP contribution in [0.3, 0.4) is 0 Å². The molecule has 1 saturated carbocycles. The van der Waals surface area contributed by atoms with Crippen LogP contribution in [-0.4, -0.2) is 99.5 Å². The van der Waals surface area contributed by atoms with Gasteiger partial charge in [-0.15, -0.1) is 20.4 Å². The number of esters is 4. The van der Waals surface area contributed by atoms with Gasteiger partial charge in [-0.1, -0.05) is 55.8 Å². The molecular formula is C26H30N10O8S4.